The number of hydrogen-bond acceptors (Lipinski definition) is 7. The van der Waals surface area contributed by atoms with E-state index in [1.807, 2.05) is 6.92 Å². The van der Waals surface area contributed by atoms with E-state index in [0.717, 1.165) is 18.9 Å². The van der Waals surface area contributed by atoms with Crippen LogP contribution in [0.2, 0.25) is 0 Å². The molecule has 21 heavy (non-hydrogen) atoms. The molecule has 1 rings (SSSR count). The molecule has 1 aliphatic rings. The second-order valence-corrected chi connectivity index (χ2v) is 4.98. The molecule has 0 aromatic carbocycles. The average molecular weight is 305 g/mol. The first-order chi connectivity index (χ1) is 9.92. The SMILES string of the molecule is CCCCN[C@H]1[C@H]([C@H](O)[C@H](O)CO)OC(C(=O)O)=C[C@@H]1O. The summed E-state index contributed by atoms with van der Waals surface area (Å²) in [6, 6.07) is -0.782. The Morgan fingerprint density at radius 1 is 1.48 bits per heavy atom. The summed E-state index contributed by atoms with van der Waals surface area (Å²) in [6.45, 7) is 1.82. The van der Waals surface area contributed by atoms with Gasteiger partial charge < -0.3 is 35.6 Å². The molecule has 122 valence electrons. The number of hydrogen-bond donors (Lipinski definition) is 6. The molecule has 0 aliphatic carbocycles. The van der Waals surface area contributed by atoms with Gasteiger partial charge in [0, 0.05) is 0 Å². The van der Waals surface area contributed by atoms with Gasteiger partial charge in [0.25, 0.3) is 0 Å². The van der Waals surface area contributed by atoms with Gasteiger partial charge in [0.15, 0.2) is 0 Å². The van der Waals surface area contributed by atoms with Crippen LogP contribution in [0, 0.1) is 0 Å². The molecule has 0 unspecified atom stereocenters. The van der Waals surface area contributed by atoms with Crippen molar-refractivity contribution < 1.29 is 35.1 Å². The Morgan fingerprint density at radius 2 is 2.14 bits per heavy atom. The molecule has 0 saturated heterocycles. The predicted molar refractivity (Wildman–Crippen MR) is 72.4 cm³/mol. The summed E-state index contributed by atoms with van der Waals surface area (Å²) in [5, 5.41) is 50.3. The summed E-state index contributed by atoms with van der Waals surface area (Å²) >= 11 is 0. The lowest BCUT2D eigenvalue weighted by atomic mass is 9.93. The van der Waals surface area contributed by atoms with Gasteiger partial charge in [0.05, 0.1) is 18.8 Å². The average Bonchev–Trinajstić information content (AvgIpc) is 2.46. The predicted octanol–water partition coefficient (Wildman–Crippen LogP) is -1.81. The van der Waals surface area contributed by atoms with E-state index in [1.54, 1.807) is 0 Å². The highest BCUT2D eigenvalue weighted by Crippen LogP contribution is 2.22. The summed E-state index contributed by atoms with van der Waals surface area (Å²) < 4.78 is 5.16. The number of unbranched alkanes of at least 4 members (excludes halogenated alkanes) is 1. The molecule has 1 heterocycles. The summed E-state index contributed by atoms with van der Waals surface area (Å²) in [6.07, 6.45) is -2.62. The highest BCUT2D eigenvalue weighted by Gasteiger charge is 2.42. The monoisotopic (exact) mass is 305 g/mol. The molecule has 0 aromatic rings. The van der Waals surface area contributed by atoms with Crippen molar-refractivity contribution >= 4 is 5.97 Å². The number of carbonyl (C=O) groups is 1. The topological polar surface area (TPSA) is 139 Å². The molecule has 0 radical (unpaired) electrons. The summed E-state index contributed by atoms with van der Waals surface area (Å²) in [5.74, 6) is -1.87. The van der Waals surface area contributed by atoms with Gasteiger partial charge in [-0.1, -0.05) is 13.3 Å². The van der Waals surface area contributed by atoms with E-state index in [1.165, 1.54) is 0 Å². The lowest BCUT2D eigenvalue weighted by Gasteiger charge is -2.38. The highest BCUT2D eigenvalue weighted by molar-refractivity contribution is 5.84. The standard InChI is InChI=1S/C13H23NO7/c1-2-3-4-14-10-7(16)5-9(13(19)20)21-12(10)11(18)8(17)6-15/h5,7-8,10-12,14-18H,2-4,6H2,1H3,(H,19,20)/t7-,8+,10+,11+,12+/m0/s1. The van der Waals surface area contributed by atoms with Crippen LogP contribution < -0.4 is 5.32 Å². The minimum atomic E-state index is -1.54. The van der Waals surface area contributed by atoms with Gasteiger partial charge >= 0.3 is 5.97 Å². The number of nitrogens with one attached hydrogen (secondary N) is 1. The van der Waals surface area contributed by atoms with Crippen LogP contribution in [0.25, 0.3) is 0 Å². The van der Waals surface area contributed by atoms with Crippen molar-refractivity contribution in [3.05, 3.63) is 11.8 Å². The maximum Gasteiger partial charge on any atom is 0.370 e. The molecular formula is C13H23NO7. The second-order valence-electron chi connectivity index (χ2n) is 4.98. The zero-order chi connectivity index (χ0) is 16.0. The lowest BCUT2D eigenvalue weighted by molar-refractivity contribution is -0.148. The van der Waals surface area contributed by atoms with E-state index in [0.29, 0.717) is 6.54 Å². The van der Waals surface area contributed by atoms with Gasteiger partial charge in [-0.3, -0.25) is 0 Å². The molecule has 0 bridgehead atoms. The number of carboxylic acids is 1. The first-order valence-electron chi connectivity index (χ1n) is 6.92. The Balaban J connectivity index is 2.90. The van der Waals surface area contributed by atoms with E-state index in [4.69, 9.17) is 14.9 Å². The van der Waals surface area contributed by atoms with Crippen LogP contribution in [0.1, 0.15) is 19.8 Å². The smallest absolute Gasteiger partial charge is 0.370 e. The number of carboxylic acid groups (broad SMARTS) is 1. The molecule has 0 amide bonds. The maximum atomic E-state index is 11.0. The van der Waals surface area contributed by atoms with Crippen molar-refractivity contribution in [1.29, 1.82) is 0 Å². The van der Waals surface area contributed by atoms with E-state index in [-0.39, 0.29) is 0 Å². The van der Waals surface area contributed by atoms with Crippen LogP contribution in [-0.2, 0) is 9.53 Å². The van der Waals surface area contributed by atoms with Gasteiger partial charge in [-0.2, -0.15) is 0 Å². The van der Waals surface area contributed by atoms with Crippen LogP contribution in [0.15, 0.2) is 11.8 Å². The second kappa shape index (κ2) is 8.30. The van der Waals surface area contributed by atoms with Crippen molar-refractivity contribution in [2.24, 2.45) is 0 Å². The van der Waals surface area contributed by atoms with Crippen LogP contribution in [0.5, 0.6) is 0 Å². The minimum absolute atomic E-state index is 0.495. The molecule has 8 heteroatoms. The molecule has 5 atom stereocenters. The molecule has 1 aliphatic heterocycles. The van der Waals surface area contributed by atoms with Crippen LogP contribution >= 0.6 is 0 Å². The third-order valence-corrected chi connectivity index (χ3v) is 3.35. The number of ether oxygens (including phenoxy) is 1. The van der Waals surface area contributed by atoms with Gasteiger partial charge in [-0.15, -0.1) is 0 Å². The summed E-state index contributed by atoms with van der Waals surface area (Å²) in [5.41, 5.74) is 0. The van der Waals surface area contributed by atoms with Crippen molar-refractivity contribution in [2.45, 2.75) is 50.2 Å². The molecule has 0 aromatic heterocycles. The zero-order valence-electron chi connectivity index (χ0n) is 11.8. The van der Waals surface area contributed by atoms with E-state index >= 15 is 0 Å². The quantitative estimate of drug-likeness (QED) is 0.288. The molecule has 6 N–H and O–H groups in total. The van der Waals surface area contributed by atoms with Crippen molar-refractivity contribution in [2.75, 3.05) is 13.2 Å². The van der Waals surface area contributed by atoms with Gasteiger partial charge in [0.2, 0.25) is 5.76 Å². The minimum Gasteiger partial charge on any atom is -0.479 e. The first-order valence-corrected chi connectivity index (χ1v) is 6.92. The third-order valence-electron chi connectivity index (χ3n) is 3.35. The number of aliphatic carboxylic acids is 1. The first kappa shape index (κ1) is 17.9. The number of aliphatic hydroxyl groups excluding tert-OH is 4. The van der Waals surface area contributed by atoms with Crippen molar-refractivity contribution in [3.63, 3.8) is 0 Å². The maximum absolute atomic E-state index is 11.0. The fourth-order valence-electron chi connectivity index (χ4n) is 2.13. The zero-order valence-corrected chi connectivity index (χ0v) is 11.8. The summed E-state index contributed by atoms with van der Waals surface area (Å²) in [7, 11) is 0. The van der Waals surface area contributed by atoms with Gasteiger partial charge in [-0.25, -0.2) is 4.79 Å². The van der Waals surface area contributed by atoms with Crippen LogP contribution in [-0.4, -0.2) is 75.1 Å². The Kier molecular flexibility index (Phi) is 7.06. The Labute approximate surface area is 122 Å². The van der Waals surface area contributed by atoms with Crippen molar-refractivity contribution in [1.82, 2.24) is 5.32 Å². The van der Waals surface area contributed by atoms with Crippen molar-refractivity contribution in [3.8, 4) is 0 Å². The van der Waals surface area contributed by atoms with E-state index < -0.39 is 48.8 Å². The number of rotatable bonds is 8. The molecule has 0 fully saturated rings. The lowest BCUT2D eigenvalue weighted by Crippen LogP contribution is -2.59. The Morgan fingerprint density at radius 3 is 2.67 bits per heavy atom. The number of aliphatic hydroxyl groups is 4. The molecule has 8 nitrogen and oxygen atoms in total. The Bertz CT molecular complexity index is 374. The normalized spacial score (nSPS) is 28.4. The van der Waals surface area contributed by atoms with Crippen LogP contribution in [0.3, 0.4) is 0 Å². The molecule has 0 spiro atoms. The van der Waals surface area contributed by atoms with Gasteiger partial charge in [-0.05, 0) is 19.0 Å². The highest BCUT2D eigenvalue weighted by atomic mass is 16.5. The fraction of sp³-hybridized carbons (Fsp3) is 0.769. The largest absolute Gasteiger partial charge is 0.479 e. The van der Waals surface area contributed by atoms with Crippen LogP contribution in [0.4, 0.5) is 0 Å². The van der Waals surface area contributed by atoms with Gasteiger partial charge in [0.1, 0.15) is 18.3 Å². The molecular weight excluding hydrogens is 282 g/mol. The van der Waals surface area contributed by atoms with E-state index in [9.17, 15) is 20.1 Å². The van der Waals surface area contributed by atoms with E-state index in [2.05, 4.69) is 5.32 Å². The Hall–Kier alpha value is -1.19. The summed E-state index contributed by atoms with van der Waals surface area (Å²) in [4.78, 5) is 11.0. The molecule has 0 saturated carbocycles. The fourth-order valence-corrected chi connectivity index (χ4v) is 2.13. The third kappa shape index (κ3) is 4.65.